The van der Waals surface area contributed by atoms with Crippen molar-refractivity contribution in [2.45, 2.75) is 26.3 Å². The molecule has 8 nitrogen and oxygen atoms in total. The maximum absolute atomic E-state index is 15.3. The first-order valence-electron chi connectivity index (χ1n) is 11.3. The van der Waals surface area contributed by atoms with Crippen LogP contribution >= 0.6 is 0 Å². The predicted molar refractivity (Wildman–Crippen MR) is 132 cm³/mol. The van der Waals surface area contributed by atoms with Crippen LogP contribution in [0.2, 0.25) is 0 Å². The Balaban J connectivity index is 1.49. The molecular weight excluding hydrogens is 447 g/mol. The van der Waals surface area contributed by atoms with Gasteiger partial charge in [0.25, 0.3) is 0 Å². The van der Waals surface area contributed by atoms with Gasteiger partial charge < -0.3 is 4.90 Å². The van der Waals surface area contributed by atoms with Crippen LogP contribution in [0.1, 0.15) is 20.8 Å². The zero-order valence-corrected chi connectivity index (χ0v) is 19.7. The smallest absolute Gasteiger partial charge is 0.318 e. The molecule has 9 heteroatoms. The van der Waals surface area contributed by atoms with Crippen molar-refractivity contribution in [3.63, 3.8) is 0 Å². The van der Waals surface area contributed by atoms with Crippen molar-refractivity contribution in [3.05, 3.63) is 89.1 Å². The number of amides is 2. The number of anilines is 1. The first kappa shape index (κ1) is 22.5. The van der Waals surface area contributed by atoms with Crippen LogP contribution in [0.25, 0.3) is 22.8 Å². The molecule has 3 heterocycles. The fourth-order valence-electron chi connectivity index (χ4n) is 4.23. The van der Waals surface area contributed by atoms with Gasteiger partial charge in [0.05, 0.1) is 17.6 Å². The Bertz CT molecular complexity index is 1450. The van der Waals surface area contributed by atoms with E-state index in [9.17, 15) is 9.59 Å². The maximum Gasteiger partial charge on any atom is 0.325 e. The quantitative estimate of drug-likeness (QED) is 0.445. The van der Waals surface area contributed by atoms with E-state index in [4.69, 9.17) is 0 Å². The minimum Gasteiger partial charge on any atom is -0.318 e. The van der Waals surface area contributed by atoms with E-state index in [2.05, 4.69) is 10.2 Å². The van der Waals surface area contributed by atoms with E-state index in [-0.39, 0.29) is 28.4 Å². The number of hydrogen-bond donors (Lipinski definition) is 0. The van der Waals surface area contributed by atoms with E-state index in [1.54, 1.807) is 38.9 Å². The van der Waals surface area contributed by atoms with Crippen LogP contribution in [0.5, 0.6) is 0 Å². The average molecular weight is 473 g/mol. The van der Waals surface area contributed by atoms with Crippen LogP contribution in [0.3, 0.4) is 0 Å². The number of hydrogen-bond acceptors (Lipinski definition) is 4. The van der Waals surface area contributed by atoms with Gasteiger partial charge in [0.15, 0.2) is 11.5 Å². The summed E-state index contributed by atoms with van der Waals surface area (Å²) >= 11 is 0. The van der Waals surface area contributed by atoms with Gasteiger partial charge in [0.2, 0.25) is 5.43 Å². The predicted octanol–water partition coefficient (Wildman–Crippen LogP) is 4.26. The molecule has 4 aromatic rings. The first-order valence-corrected chi connectivity index (χ1v) is 11.3. The number of benzene rings is 2. The standard InChI is InChI=1S/C26H25FN6O2/c1-26(2,3)31-16-15-30(25(31)35)19-9-10-21(20(27)17-19)32-14-12-23(34)24(29-32)22-11-13-28-33(22)18-7-5-4-6-8-18/h4-14,17H,15-16H2,1-3H3. The maximum atomic E-state index is 15.3. The van der Waals surface area contributed by atoms with Crippen LogP contribution < -0.4 is 10.3 Å². The Morgan fingerprint density at radius 1 is 0.914 bits per heavy atom. The van der Waals surface area contributed by atoms with Gasteiger partial charge >= 0.3 is 6.03 Å². The minimum absolute atomic E-state index is 0.146. The second kappa shape index (κ2) is 8.50. The molecule has 1 aliphatic rings. The molecule has 0 N–H and O–H groups in total. The van der Waals surface area contributed by atoms with Crippen LogP contribution in [0.4, 0.5) is 14.9 Å². The third-order valence-electron chi connectivity index (χ3n) is 6.00. The first-order chi connectivity index (χ1) is 16.7. The molecule has 1 fully saturated rings. The van der Waals surface area contributed by atoms with Crippen molar-refractivity contribution in [2.24, 2.45) is 0 Å². The Morgan fingerprint density at radius 2 is 1.69 bits per heavy atom. The third-order valence-corrected chi connectivity index (χ3v) is 6.00. The molecule has 1 saturated heterocycles. The Hall–Kier alpha value is -4.27. The van der Waals surface area contributed by atoms with Crippen LogP contribution in [0.15, 0.2) is 77.9 Å². The molecule has 0 aliphatic carbocycles. The summed E-state index contributed by atoms with van der Waals surface area (Å²) in [7, 11) is 0. The molecule has 1 aliphatic heterocycles. The Labute approximate surface area is 201 Å². The van der Waals surface area contributed by atoms with E-state index < -0.39 is 5.82 Å². The number of carbonyl (C=O) groups is 1. The van der Waals surface area contributed by atoms with E-state index >= 15 is 4.39 Å². The van der Waals surface area contributed by atoms with Crippen LogP contribution in [-0.2, 0) is 0 Å². The summed E-state index contributed by atoms with van der Waals surface area (Å²) < 4.78 is 18.2. The van der Waals surface area contributed by atoms with Gasteiger partial charge in [-0.2, -0.15) is 10.2 Å². The molecule has 2 amide bonds. The largest absolute Gasteiger partial charge is 0.325 e. The summed E-state index contributed by atoms with van der Waals surface area (Å²) in [6.45, 7) is 6.98. The molecule has 0 saturated carbocycles. The zero-order chi connectivity index (χ0) is 24.7. The van der Waals surface area contributed by atoms with Gasteiger partial charge in [-0.1, -0.05) is 18.2 Å². The zero-order valence-electron chi connectivity index (χ0n) is 19.7. The SMILES string of the molecule is CC(C)(C)N1CCN(c2ccc(-n3ccc(=O)c(-c4ccnn4-c4ccccc4)n3)c(F)c2)C1=O. The second-order valence-electron chi connectivity index (χ2n) is 9.33. The molecule has 0 bridgehead atoms. The van der Waals surface area contributed by atoms with E-state index in [0.29, 0.717) is 24.5 Å². The Kier molecular flexibility index (Phi) is 5.47. The number of halogens is 1. The molecule has 0 spiro atoms. The molecule has 5 rings (SSSR count). The van der Waals surface area contributed by atoms with Crippen molar-refractivity contribution in [2.75, 3.05) is 18.0 Å². The number of para-hydroxylation sites is 1. The molecule has 178 valence electrons. The third kappa shape index (κ3) is 4.09. The topological polar surface area (TPSA) is 76.3 Å². The summed E-state index contributed by atoms with van der Waals surface area (Å²) in [5.74, 6) is -0.553. The van der Waals surface area contributed by atoms with Gasteiger partial charge in [-0.15, -0.1) is 0 Å². The van der Waals surface area contributed by atoms with Crippen molar-refractivity contribution in [3.8, 4) is 22.8 Å². The van der Waals surface area contributed by atoms with Gasteiger partial charge in [0, 0.05) is 36.6 Å². The number of urea groups is 1. The van der Waals surface area contributed by atoms with E-state index in [0.717, 1.165) is 5.69 Å². The van der Waals surface area contributed by atoms with Crippen LogP contribution in [-0.4, -0.2) is 49.1 Å². The highest BCUT2D eigenvalue weighted by Crippen LogP contribution is 2.28. The lowest BCUT2D eigenvalue weighted by atomic mass is 10.1. The highest BCUT2D eigenvalue weighted by Gasteiger charge is 2.36. The van der Waals surface area contributed by atoms with Gasteiger partial charge in [0.1, 0.15) is 5.69 Å². The van der Waals surface area contributed by atoms with Crippen LogP contribution in [0, 0.1) is 5.82 Å². The molecule has 2 aromatic carbocycles. The molecule has 0 atom stereocenters. The number of rotatable bonds is 4. The molecule has 0 radical (unpaired) electrons. The summed E-state index contributed by atoms with van der Waals surface area (Å²) in [4.78, 5) is 28.9. The molecule has 2 aromatic heterocycles. The molecule has 0 unspecified atom stereocenters. The normalized spacial score (nSPS) is 14.1. The molecular formula is C26H25FN6O2. The van der Waals surface area contributed by atoms with Crippen molar-refractivity contribution in [1.29, 1.82) is 0 Å². The summed E-state index contributed by atoms with van der Waals surface area (Å²) in [5, 5.41) is 8.76. The van der Waals surface area contributed by atoms with Gasteiger partial charge in [-0.05, 0) is 57.2 Å². The van der Waals surface area contributed by atoms with Gasteiger partial charge in [-0.25, -0.2) is 18.5 Å². The lowest BCUT2D eigenvalue weighted by Gasteiger charge is -2.31. The highest BCUT2D eigenvalue weighted by atomic mass is 19.1. The summed E-state index contributed by atoms with van der Waals surface area (Å²) in [6.07, 6.45) is 3.01. The Morgan fingerprint density at radius 3 is 2.37 bits per heavy atom. The summed E-state index contributed by atoms with van der Waals surface area (Å²) in [5.41, 5.74) is 1.45. The number of aromatic nitrogens is 4. The number of nitrogens with zero attached hydrogens (tertiary/aromatic N) is 6. The molecule has 35 heavy (non-hydrogen) atoms. The van der Waals surface area contributed by atoms with Crippen molar-refractivity contribution < 1.29 is 9.18 Å². The van der Waals surface area contributed by atoms with E-state index in [1.807, 2.05) is 51.1 Å². The lowest BCUT2D eigenvalue weighted by molar-refractivity contribution is 0.173. The fraction of sp³-hybridized carbons (Fsp3) is 0.231. The van der Waals surface area contributed by atoms with Crippen molar-refractivity contribution >= 4 is 11.7 Å². The second-order valence-corrected chi connectivity index (χ2v) is 9.33. The highest BCUT2D eigenvalue weighted by molar-refractivity contribution is 5.94. The summed E-state index contributed by atoms with van der Waals surface area (Å²) in [6, 6.07) is 16.9. The van der Waals surface area contributed by atoms with Crippen molar-refractivity contribution in [1.82, 2.24) is 24.5 Å². The monoisotopic (exact) mass is 472 g/mol. The average Bonchev–Trinajstić information content (AvgIpc) is 3.47. The minimum atomic E-state index is -0.553. The van der Waals surface area contributed by atoms with E-state index in [1.165, 1.54) is 23.0 Å². The lowest BCUT2D eigenvalue weighted by Crippen LogP contribution is -2.44. The van der Waals surface area contributed by atoms with Gasteiger partial charge in [-0.3, -0.25) is 9.69 Å². The number of carbonyl (C=O) groups excluding carboxylic acids is 1. The fourth-order valence-corrected chi connectivity index (χ4v) is 4.23.